The second-order valence-corrected chi connectivity index (χ2v) is 3.41. The molecule has 1 aromatic heterocycles. The lowest BCUT2D eigenvalue weighted by molar-refractivity contribution is 0.0992. The number of carbonyl (C=O) groups is 1. The number of carbonyl (C=O) groups excluding carboxylic acids is 1. The lowest BCUT2D eigenvalue weighted by Crippen LogP contribution is -2.16. The number of primary amides is 1. The van der Waals surface area contributed by atoms with Crippen LogP contribution in [0.5, 0.6) is 0 Å². The van der Waals surface area contributed by atoms with Crippen molar-refractivity contribution in [1.29, 1.82) is 0 Å². The molecule has 0 aliphatic carbocycles. The molecule has 0 fully saturated rings. The summed E-state index contributed by atoms with van der Waals surface area (Å²) in [5.41, 5.74) is 7.90. The Morgan fingerprint density at radius 2 is 2.00 bits per heavy atom. The molecule has 14 heavy (non-hydrogen) atoms. The van der Waals surface area contributed by atoms with E-state index in [1.807, 2.05) is 42.8 Å². The summed E-state index contributed by atoms with van der Waals surface area (Å²) < 4.78 is 1.84. The summed E-state index contributed by atoms with van der Waals surface area (Å²) in [7, 11) is 1.86. The number of rotatable bonds is 1. The van der Waals surface area contributed by atoms with Gasteiger partial charge in [-0.25, -0.2) is 0 Å². The molecule has 72 valence electrons. The van der Waals surface area contributed by atoms with Crippen LogP contribution in [0.25, 0.3) is 10.9 Å². The quantitative estimate of drug-likeness (QED) is 0.725. The van der Waals surface area contributed by atoms with Crippen LogP contribution in [-0.2, 0) is 7.05 Å². The van der Waals surface area contributed by atoms with Gasteiger partial charge in [-0.3, -0.25) is 4.79 Å². The maximum Gasteiger partial charge on any atom is 0.265 e. The summed E-state index contributed by atoms with van der Waals surface area (Å²) in [6.45, 7) is 1.92. The molecule has 2 rings (SSSR count). The number of hydrogen-bond donors (Lipinski definition) is 1. The van der Waals surface area contributed by atoms with Crippen LogP contribution in [0.15, 0.2) is 24.3 Å². The van der Waals surface area contributed by atoms with Gasteiger partial charge in [0.2, 0.25) is 0 Å². The molecular weight excluding hydrogens is 176 g/mol. The lowest BCUT2D eigenvalue weighted by Gasteiger charge is -1.99. The molecule has 0 aliphatic rings. The van der Waals surface area contributed by atoms with Crippen LogP contribution in [0.4, 0.5) is 0 Å². The molecule has 0 atom stereocenters. The Balaban J connectivity index is 2.92. The lowest BCUT2D eigenvalue weighted by atomic mass is 10.1. The van der Waals surface area contributed by atoms with E-state index in [1.165, 1.54) is 0 Å². The van der Waals surface area contributed by atoms with Gasteiger partial charge in [-0.15, -0.1) is 0 Å². The molecule has 0 aliphatic heterocycles. The molecule has 0 saturated carbocycles. The first kappa shape index (κ1) is 8.81. The fourth-order valence-electron chi connectivity index (χ4n) is 1.93. The SMILES string of the molecule is Cc1c(C(N)=O)n(C)c2ccccc12. The predicted molar refractivity (Wildman–Crippen MR) is 56.2 cm³/mol. The van der Waals surface area contributed by atoms with Crippen molar-refractivity contribution in [2.24, 2.45) is 12.8 Å². The zero-order valence-corrected chi connectivity index (χ0v) is 8.24. The number of nitrogens with two attached hydrogens (primary N) is 1. The van der Waals surface area contributed by atoms with Crippen LogP contribution >= 0.6 is 0 Å². The van der Waals surface area contributed by atoms with E-state index in [0.29, 0.717) is 5.69 Å². The summed E-state index contributed by atoms with van der Waals surface area (Å²) in [6.07, 6.45) is 0. The molecule has 1 aromatic carbocycles. The molecule has 2 N–H and O–H groups in total. The fraction of sp³-hybridized carbons (Fsp3) is 0.182. The van der Waals surface area contributed by atoms with E-state index in [4.69, 9.17) is 5.73 Å². The van der Waals surface area contributed by atoms with E-state index in [-0.39, 0.29) is 5.91 Å². The molecule has 0 unspecified atom stereocenters. The molecule has 0 radical (unpaired) electrons. The number of aromatic nitrogens is 1. The first-order valence-electron chi connectivity index (χ1n) is 4.46. The van der Waals surface area contributed by atoms with Crippen molar-refractivity contribution in [2.75, 3.05) is 0 Å². The first-order valence-corrected chi connectivity index (χ1v) is 4.46. The standard InChI is InChI=1S/C11H12N2O/c1-7-8-5-3-4-6-9(8)13(2)10(7)11(12)14/h3-6H,1-2H3,(H2,12,14). The highest BCUT2D eigenvalue weighted by Crippen LogP contribution is 2.23. The summed E-state index contributed by atoms with van der Waals surface area (Å²) >= 11 is 0. The minimum absolute atomic E-state index is 0.374. The second kappa shape index (κ2) is 2.87. The molecule has 2 aromatic rings. The average molecular weight is 188 g/mol. The molecule has 0 bridgehead atoms. The Morgan fingerprint density at radius 3 is 2.57 bits per heavy atom. The molecule has 1 heterocycles. The fourth-order valence-corrected chi connectivity index (χ4v) is 1.93. The van der Waals surface area contributed by atoms with E-state index in [2.05, 4.69) is 0 Å². The van der Waals surface area contributed by atoms with Gasteiger partial charge in [0.05, 0.1) is 0 Å². The molecule has 0 saturated heterocycles. The van der Waals surface area contributed by atoms with E-state index in [1.54, 1.807) is 0 Å². The first-order chi connectivity index (χ1) is 6.63. The van der Waals surface area contributed by atoms with Crippen molar-refractivity contribution < 1.29 is 4.79 Å². The van der Waals surface area contributed by atoms with Crippen molar-refractivity contribution in [3.8, 4) is 0 Å². The van der Waals surface area contributed by atoms with E-state index < -0.39 is 0 Å². The number of nitrogens with zero attached hydrogens (tertiary/aromatic N) is 1. The highest BCUT2D eigenvalue weighted by Gasteiger charge is 2.14. The molecule has 0 spiro atoms. The third kappa shape index (κ3) is 1.02. The van der Waals surface area contributed by atoms with Crippen LogP contribution < -0.4 is 5.73 Å². The third-order valence-corrected chi connectivity index (χ3v) is 2.59. The van der Waals surface area contributed by atoms with Gasteiger partial charge in [0.15, 0.2) is 0 Å². The smallest absolute Gasteiger partial charge is 0.265 e. The zero-order valence-electron chi connectivity index (χ0n) is 8.24. The number of para-hydroxylation sites is 1. The Morgan fingerprint density at radius 1 is 1.36 bits per heavy atom. The Hall–Kier alpha value is -1.77. The van der Waals surface area contributed by atoms with Gasteiger partial charge in [-0.2, -0.15) is 0 Å². The van der Waals surface area contributed by atoms with Crippen molar-refractivity contribution in [3.05, 3.63) is 35.5 Å². The largest absolute Gasteiger partial charge is 0.364 e. The van der Waals surface area contributed by atoms with Crippen LogP contribution in [0.2, 0.25) is 0 Å². The van der Waals surface area contributed by atoms with Gasteiger partial charge in [0.1, 0.15) is 5.69 Å². The van der Waals surface area contributed by atoms with E-state index >= 15 is 0 Å². The summed E-state index contributed by atoms with van der Waals surface area (Å²) in [6, 6.07) is 7.89. The maximum absolute atomic E-state index is 11.2. The third-order valence-electron chi connectivity index (χ3n) is 2.59. The van der Waals surface area contributed by atoms with Crippen molar-refractivity contribution in [2.45, 2.75) is 6.92 Å². The van der Waals surface area contributed by atoms with Crippen LogP contribution in [0.1, 0.15) is 16.1 Å². The van der Waals surface area contributed by atoms with Crippen molar-refractivity contribution in [3.63, 3.8) is 0 Å². The number of fused-ring (bicyclic) bond motifs is 1. The van der Waals surface area contributed by atoms with Gasteiger partial charge in [-0.1, -0.05) is 18.2 Å². The molecular formula is C11H12N2O. The zero-order chi connectivity index (χ0) is 10.3. The Labute approximate surface area is 82.1 Å². The monoisotopic (exact) mass is 188 g/mol. The summed E-state index contributed by atoms with van der Waals surface area (Å²) in [5, 5.41) is 1.09. The number of amides is 1. The summed E-state index contributed by atoms with van der Waals surface area (Å²) in [4.78, 5) is 11.2. The van der Waals surface area contributed by atoms with Gasteiger partial charge in [0, 0.05) is 18.0 Å². The van der Waals surface area contributed by atoms with Crippen LogP contribution in [-0.4, -0.2) is 10.5 Å². The number of aryl methyl sites for hydroxylation is 2. The highest BCUT2D eigenvalue weighted by atomic mass is 16.1. The molecule has 1 amide bonds. The van der Waals surface area contributed by atoms with Gasteiger partial charge < -0.3 is 10.3 Å². The topological polar surface area (TPSA) is 48.0 Å². The van der Waals surface area contributed by atoms with Crippen LogP contribution in [0.3, 0.4) is 0 Å². The molecule has 3 nitrogen and oxygen atoms in total. The predicted octanol–water partition coefficient (Wildman–Crippen LogP) is 1.59. The van der Waals surface area contributed by atoms with Crippen molar-refractivity contribution in [1.82, 2.24) is 4.57 Å². The highest BCUT2D eigenvalue weighted by molar-refractivity contribution is 6.00. The average Bonchev–Trinajstić information content (AvgIpc) is 2.41. The summed E-state index contributed by atoms with van der Waals surface area (Å²) in [5.74, 6) is -0.374. The Bertz CT molecular complexity index is 472. The van der Waals surface area contributed by atoms with Crippen LogP contribution in [0, 0.1) is 6.92 Å². The van der Waals surface area contributed by atoms with E-state index in [0.717, 1.165) is 16.5 Å². The number of hydrogen-bond acceptors (Lipinski definition) is 1. The van der Waals surface area contributed by atoms with Gasteiger partial charge >= 0.3 is 0 Å². The minimum atomic E-state index is -0.374. The Kier molecular flexibility index (Phi) is 1.81. The normalized spacial score (nSPS) is 10.7. The number of benzene rings is 1. The maximum atomic E-state index is 11.2. The van der Waals surface area contributed by atoms with E-state index in [9.17, 15) is 4.79 Å². The minimum Gasteiger partial charge on any atom is -0.364 e. The van der Waals surface area contributed by atoms with Gasteiger partial charge in [0.25, 0.3) is 5.91 Å². The molecule has 3 heteroatoms. The second-order valence-electron chi connectivity index (χ2n) is 3.41. The van der Waals surface area contributed by atoms with Crippen molar-refractivity contribution >= 4 is 16.8 Å². The van der Waals surface area contributed by atoms with Gasteiger partial charge in [-0.05, 0) is 18.6 Å².